The van der Waals surface area contributed by atoms with Gasteiger partial charge in [-0.25, -0.2) is 0 Å². The fraction of sp³-hybridized carbons (Fsp3) is 0.571. The molecule has 0 saturated carbocycles. The number of aliphatic hydroxyl groups is 1. The van der Waals surface area contributed by atoms with Gasteiger partial charge in [0.25, 0.3) is 0 Å². The average molecular weight is 253 g/mol. The van der Waals surface area contributed by atoms with Crippen LogP contribution in [0.15, 0.2) is 24.3 Å². The lowest BCUT2D eigenvalue weighted by molar-refractivity contribution is 0.0589. The summed E-state index contributed by atoms with van der Waals surface area (Å²) in [6.07, 6.45) is 1.22. The molecule has 0 amide bonds. The number of phenolic OH excluding ortho intramolecular Hbond substituents is 1. The molecular formula is C14H23NO3. The quantitative estimate of drug-likeness (QED) is 0.661. The summed E-state index contributed by atoms with van der Waals surface area (Å²) in [5.41, 5.74) is 1.15. The summed E-state index contributed by atoms with van der Waals surface area (Å²) in [5, 5.41) is 22.2. The first-order valence-electron chi connectivity index (χ1n) is 6.36. The molecule has 0 aliphatic carbocycles. The van der Waals surface area contributed by atoms with E-state index in [2.05, 4.69) is 12.2 Å². The van der Waals surface area contributed by atoms with Gasteiger partial charge in [0.15, 0.2) is 0 Å². The predicted octanol–water partition coefficient (Wildman–Crippen LogP) is 1.83. The zero-order valence-corrected chi connectivity index (χ0v) is 11.1. The molecule has 2 unspecified atom stereocenters. The maximum Gasteiger partial charge on any atom is 0.115 e. The number of nitrogens with one attached hydrogen (secondary N) is 1. The van der Waals surface area contributed by atoms with E-state index in [4.69, 9.17) is 4.74 Å². The highest BCUT2D eigenvalue weighted by Crippen LogP contribution is 2.19. The number of rotatable bonds is 8. The molecule has 1 rings (SSSR count). The monoisotopic (exact) mass is 253 g/mol. The summed E-state index contributed by atoms with van der Waals surface area (Å²) >= 11 is 0. The second-order valence-corrected chi connectivity index (χ2v) is 4.40. The number of benzene rings is 1. The van der Waals surface area contributed by atoms with Crippen molar-refractivity contribution in [3.63, 3.8) is 0 Å². The minimum atomic E-state index is -0.417. The number of ether oxygens (including phenoxy) is 1. The third-order valence-corrected chi connectivity index (χ3v) is 2.93. The van der Waals surface area contributed by atoms with Crippen molar-refractivity contribution in [3.05, 3.63) is 29.8 Å². The third-order valence-electron chi connectivity index (χ3n) is 2.93. The van der Waals surface area contributed by atoms with Crippen LogP contribution < -0.4 is 5.32 Å². The van der Waals surface area contributed by atoms with Gasteiger partial charge in [-0.1, -0.05) is 19.1 Å². The number of hydrogen-bond donors (Lipinski definition) is 3. The van der Waals surface area contributed by atoms with Gasteiger partial charge in [-0.3, -0.25) is 0 Å². The highest BCUT2D eigenvalue weighted by molar-refractivity contribution is 5.27. The first kappa shape index (κ1) is 15.0. The van der Waals surface area contributed by atoms with Crippen molar-refractivity contribution >= 4 is 0 Å². The molecule has 0 heterocycles. The normalized spacial score (nSPS) is 14.4. The zero-order chi connectivity index (χ0) is 13.4. The molecule has 0 aliphatic heterocycles. The Bertz CT molecular complexity index is 326. The van der Waals surface area contributed by atoms with E-state index in [-0.39, 0.29) is 11.8 Å². The maximum absolute atomic E-state index is 9.54. The highest BCUT2D eigenvalue weighted by atomic mass is 16.5. The Morgan fingerprint density at radius 2 is 1.94 bits per heavy atom. The van der Waals surface area contributed by atoms with Crippen LogP contribution in [-0.2, 0) is 4.74 Å². The van der Waals surface area contributed by atoms with Crippen molar-refractivity contribution in [2.75, 3.05) is 20.3 Å². The molecule has 0 spiro atoms. The number of aromatic hydroxyl groups is 1. The standard InChI is InChI=1S/C14H23NO3/c1-3-14(11-4-6-12(16)7-5-11)15-9-8-13(17)10-18-2/h4-7,13-17H,3,8-10H2,1-2H3. The lowest BCUT2D eigenvalue weighted by Gasteiger charge is -2.18. The molecule has 0 aliphatic rings. The van der Waals surface area contributed by atoms with Gasteiger partial charge in [0, 0.05) is 13.2 Å². The highest BCUT2D eigenvalue weighted by Gasteiger charge is 2.09. The van der Waals surface area contributed by atoms with Crippen molar-refractivity contribution < 1.29 is 14.9 Å². The van der Waals surface area contributed by atoms with E-state index in [0.29, 0.717) is 13.0 Å². The molecule has 0 fully saturated rings. The Morgan fingerprint density at radius 1 is 1.28 bits per heavy atom. The van der Waals surface area contributed by atoms with Gasteiger partial charge in [0.1, 0.15) is 5.75 Å². The summed E-state index contributed by atoms with van der Waals surface area (Å²) in [5.74, 6) is 0.282. The molecule has 3 N–H and O–H groups in total. The molecule has 0 saturated heterocycles. The van der Waals surface area contributed by atoms with Gasteiger partial charge in [-0.05, 0) is 37.1 Å². The van der Waals surface area contributed by atoms with E-state index < -0.39 is 6.10 Å². The summed E-state index contributed by atoms with van der Waals surface area (Å²) < 4.78 is 4.88. The summed E-state index contributed by atoms with van der Waals surface area (Å²) in [7, 11) is 1.59. The first-order valence-corrected chi connectivity index (χ1v) is 6.36. The van der Waals surface area contributed by atoms with Crippen LogP contribution in [0.3, 0.4) is 0 Å². The molecule has 1 aromatic rings. The maximum atomic E-state index is 9.54. The third kappa shape index (κ3) is 5.04. The SMILES string of the molecule is CCC(NCCC(O)COC)c1ccc(O)cc1. The molecule has 0 radical (unpaired) electrons. The van der Waals surface area contributed by atoms with Gasteiger partial charge in [0.05, 0.1) is 12.7 Å². The number of methoxy groups -OCH3 is 1. The smallest absolute Gasteiger partial charge is 0.115 e. The zero-order valence-electron chi connectivity index (χ0n) is 11.1. The molecule has 4 heteroatoms. The van der Waals surface area contributed by atoms with Crippen LogP contribution in [0.2, 0.25) is 0 Å². The Morgan fingerprint density at radius 3 is 2.50 bits per heavy atom. The van der Waals surface area contributed by atoms with E-state index in [0.717, 1.165) is 18.5 Å². The lowest BCUT2D eigenvalue weighted by atomic mass is 10.0. The number of phenols is 1. The Balaban J connectivity index is 2.40. The van der Waals surface area contributed by atoms with Gasteiger partial charge in [0.2, 0.25) is 0 Å². The van der Waals surface area contributed by atoms with Gasteiger partial charge >= 0.3 is 0 Å². The second kappa shape index (κ2) is 8.08. The van der Waals surface area contributed by atoms with E-state index in [1.165, 1.54) is 0 Å². The Kier molecular flexibility index (Phi) is 6.72. The van der Waals surface area contributed by atoms with Gasteiger partial charge in [-0.15, -0.1) is 0 Å². The van der Waals surface area contributed by atoms with Crippen molar-refractivity contribution in [3.8, 4) is 5.75 Å². The van der Waals surface area contributed by atoms with Crippen LogP contribution >= 0.6 is 0 Å². The van der Waals surface area contributed by atoms with Crippen LogP contribution in [0, 0.1) is 0 Å². The van der Waals surface area contributed by atoms with Crippen LogP contribution in [0.5, 0.6) is 5.75 Å². The average Bonchev–Trinajstić information content (AvgIpc) is 2.36. The minimum Gasteiger partial charge on any atom is -0.508 e. The van der Waals surface area contributed by atoms with Crippen LogP contribution in [-0.4, -0.2) is 36.6 Å². The summed E-state index contributed by atoms with van der Waals surface area (Å²) in [6, 6.07) is 7.48. The largest absolute Gasteiger partial charge is 0.508 e. The molecule has 1 aromatic carbocycles. The fourth-order valence-electron chi connectivity index (χ4n) is 1.90. The number of hydrogen-bond acceptors (Lipinski definition) is 4. The second-order valence-electron chi connectivity index (χ2n) is 4.40. The van der Waals surface area contributed by atoms with Crippen molar-refractivity contribution in [2.45, 2.75) is 31.9 Å². The lowest BCUT2D eigenvalue weighted by Crippen LogP contribution is -2.26. The van der Waals surface area contributed by atoms with Gasteiger partial charge in [-0.2, -0.15) is 0 Å². The first-order chi connectivity index (χ1) is 8.67. The van der Waals surface area contributed by atoms with Crippen LogP contribution in [0.1, 0.15) is 31.4 Å². The molecule has 102 valence electrons. The fourth-order valence-corrected chi connectivity index (χ4v) is 1.90. The topological polar surface area (TPSA) is 61.7 Å². The summed E-state index contributed by atoms with van der Waals surface area (Å²) in [4.78, 5) is 0. The summed E-state index contributed by atoms with van der Waals surface area (Å²) in [6.45, 7) is 3.22. The van der Waals surface area contributed by atoms with Crippen molar-refractivity contribution in [2.24, 2.45) is 0 Å². The van der Waals surface area contributed by atoms with E-state index in [1.54, 1.807) is 19.2 Å². The van der Waals surface area contributed by atoms with Crippen LogP contribution in [0.4, 0.5) is 0 Å². The van der Waals surface area contributed by atoms with Crippen molar-refractivity contribution in [1.29, 1.82) is 0 Å². The molecule has 0 aromatic heterocycles. The molecule has 0 bridgehead atoms. The number of aliphatic hydroxyl groups excluding tert-OH is 1. The van der Waals surface area contributed by atoms with E-state index in [9.17, 15) is 10.2 Å². The van der Waals surface area contributed by atoms with E-state index in [1.807, 2.05) is 12.1 Å². The molecule has 2 atom stereocenters. The molecular weight excluding hydrogens is 230 g/mol. The predicted molar refractivity (Wildman–Crippen MR) is 71.6 cm³/mol. The van der Waals surface area contributed by atoms with Crippen molar-refractivity contribution in [1.82, 2.24) is 5.32 Å². The minimum absolute atomic E-state index is 0.250. The molecule has 18 heavy (non-hydrogen) atoms. The Hall–Kier alpha value is -1.10. The Labute approximate surface area is 109 Å². The van der Waals surface area contributed by atoms with Crippen LogP contribution in [0.25, 0.3) is 0 Å². The molecule has 4 nitrogen and oxygen atoms in total. The van der Waals surface area contributed by atoms with Gasteiger partial charge < -0.3 is 20.3 Å². The van der Waals surface area contributed by atoms with E-state index >= 15 is 0 Å².